The Morgan fingerprint density at radius 2 is 1.97 bits per heavy atom. The fourth-order valence-electron chi connectivity index (χ4n) is 3.61. The third kappa shape index (κ3) is 4.84. The lowest BCUT2D eigenvalue weighted by Crippen LogP contribution is -2.39. The molecule has 0 saturated heterocycles. The van der Waals surface area contributed by atoms with Gasteiger partial charge in [-0.2, -0.15) is 0 Å². The highest BCUT2D eigenvalue weighted by Gasteiger charge is 2.11. The summed E-state index contributed by atoms with van der Waals surface area (Å²) in [5, 5.41) is 3.46. The van der Waals surface area contributed by atoms with E-state index in [1.165, 1.54) is 5.52 Å². The largest absolute Gasteiger partial charge is 0.497 e. The quantitative estimate of drug-likeness (QED) is 0.351. The van der Waals surface area contributed by atoms with Crippen molar-refractivity contribution in [2.75, 3.05) is 34.9 Å². The van der Waals surface area contributed by atoms with Crippen molar-refractivity contribution in [1.82, 2.24) is 19.8 Å². The molecule has 0 aliphatic carbocycles. The van der Waals surface area contributed by atoms with E-state index in [2.05, 4.69) is 49.9 Å². The number of aryl methyl sites for hydroxylation is 2. The van der Waals surface area contributed by atoms with Gasteiger partial charge in [0.15, 0.2) is 5.96 Å². The van der Waals surface area contributed by atoms with E-state index in [0.717, 1.165) is 53.9 Å². The molecular formula is C23H31N5O2. The molecule has 7 nitrogen and oxygen atoms in total. The van der Waals surface area contributed by atoms with Gasteiger partial charge in [0.25, 0.3) is 0 Å². The van der Waals surface area contributed by atoms with E-state index in [4.69, 9.17) is 9.47 Å². The van der Waals surface area contributed by atoms with Gasteiger partial charge in [-0.15, -0.1) is 0 Å². The Morgan fingerprint density at radius 3 is 2.70 bits per heavy atom. The van der Waals surface area contributed by atoms with E-state index in [0.29, 0.717) is 6.54 Å². The molecular weight excluding hydrogens is 378 g/mol. The standard InChI is InChI=1S/C23H31N5O2/c1-17-26-20-9-6-7-10-21(20)28(17)14-8-13-25-23(24-2)27(3)16-18-11-12-19(29-4)15-22(18)30-5/h6-7,9-12,15H,8,13-14,16H2,1-5H3,(H,24,25). The van der Waals surface area contributed by atoms with Gasteiger partial charge in [-0.3, -0.25) is 4.99 Å². The molecule has 160 valence electrons. The predicted octanol–water partition coefficient (Wildman–Crippen LogP) is 3.46. The van der Waals surface area contributed by atoms with Gasteiger partial charge in [-0.1, -0.05) is 12.1 Å². The minimum atomic E-state index is 0.679. The van der Waals surface area contributed by atoms with Crippen LogP contribution in [0.2, 0.25) is 0 Å². The molecule has 0 spiro atoms. The van der Waals surface area contributed by atoms with Crippen LogP contribution in [0.3, 0.4) is 0 Å². The van der Waals surface area contributed by atoms with Gasteiger partial charge in [0, 0.05) is 45.4 Å². The van der Waals surface area contributed by atoms with Crippen LogP contribution >= 0.6 is 0 Å². The zero-order valence-corrected chi connectivity index (χ0v) is 18.5. The van der Waals surface area contributed by atoms with Gasteiger partial charge in [0.05, 0.1) is 25.3 Å². The Kier molecular flexibility index (Phi) is 7.17. The average Bonchev–Trinajstić information content (AvgIpc) is 3.09. The lowest BCUT2D eigenvalue weighted by Gasteiger charge is -2.23. The molecule has 0 bridgehead atoms. The molecule has 0 atom stereocenters. The molecule has 3 aromatic rings. The maximum atomic E-state index is 5.51. The fraction of sp³-hybridized carbons (Fsp3) is 0.391. The molecule has 0 aliphatic heterocycles. The first-order valence-electron chi connectivity index (χ1n) is 10.1. The van der Waals surface area contributed by atoms with Crippen LogP contribution in [0.15, 0.2) is 47.5 Å². The van der Waals surface area contributed by atoms with E-state index >= 15 is 0 Å². The molecule has 0 radical (unpaired) electrons. The summed E-state index contributed by atoms with van der Waals surface area (Å²) in [4.78, 5) is 11.1. The van der Waals surface area contributed by atoms with Gasteiger partial charge in [-0.25, -0.2) is 4.98 Å². The molecule has 0 unspecified atom stereocenters. The maximum Gasteiger partial charge on any atom is 0.193 e. The highest BCUT2D eigenvalue weighted by Crippen LogP contribution is 2.25. The number of ether oxygens (including phenoxy) is 2. The Balaban J connectivity index is 1.56. The van der Waals surface area contributed by atoms with E-state index in [9.17, 15) is 0 Å². The number of benzene rings is 2. The molecule has 0 amide bonds. The highest BCUT2D eigenvalue weighted by atomic mass is 16.5. The number of imidazole rings is 1. The van der Waals surface area contributed by atoms with Gasteiger partial charge in [-0.05, 0) is 37.6 Å². The third-order valence-corrected chi connectivity index (χ3v) is 5.16. The lowest BCUT2D eigenvalue weighted by molar-refractivity contribution is 0.382. The van der Waals surface area contributed by atoms with Crippen LogP contribution in [0.4, 0.5) is 0 Å². The number of rotatable bonds is 8. The summed E-state index contributed by atoms with van der Waals surface area (Å²) in [6.07, 6.45) is 0.972. The van der Waals surface area contributed by atoms with Crippen molar-refractivity contribution in [2.24, 2.45) is 4.99 Å². The van der Waals surface area contributed by atoms with Crippen molar-refractivity contribution in [1.29, 1.82) is 0 Å². The van der Waals surface area contributed by atoms with Crippen molar-refractivity contribution in [2.45, 2.75) is 26.4 Å². The highest BCUT2D eigenvalue weighted by molar-refractivity contribution is 5.79. The van der Waals surface area contributed by atoms with Crippen LogP contribution in [0.5, 0.6) is 11.5 Å². The molecule has 1 heterocycles. The van der Waals surface area contributed by atoms with Crippen molar-refractivity contribution < 1.29 is 9.47 Å². The van der Waals surface area contributed by atoms with Crippen LogP contribution < -0.4 is 14.8 Å². The molecule has 1 N–H and O–H groups in total. The lowest BCUT2D eigenvalue weighted by atomic mass is 10.2. The second kappa shape index (κ2) is 10.0. The number of fused-ring (bicyclic) bond motifs is 1. The van der Waals surface area contributed by atoms with Gasteiger partial charge in [0.1, 0.15) is 17.3 Å². The second-order valence-corrected chi connectivity index (χ2v) is 7.16. The number of hydrogen-bond acceptors (Lipinski definition) is 4. The Bertz CT molecular complexity index is 1010. The number of hydrogen-bond donors (Lipinski definition) is 1. The zero-order chi connectivity index (χ0) is 21.5. The summed E-state index contributed by atoms with van der Waals surface area (Å²) in [5.74, 6) is 3.48. The zero-order valence-electron chi connectivity index (χ0n) is 18.5. The SMILES string of the molecule is CN=C(NCCCn1c(C)nc2ccccc21)N(C)Cc1ccc(OC)cc1OC. The summed E-state index contributed by atoms with van der Waals surface area (Å²) in [5.41, 5.74) is 3.30. The molecule has 0 fully saturated rings. The molecule has 2 aromatic carbocycles. The number of nitrogens with one attached hydrogen (secondary N) is 1. The van der Waals surface area contributed by atoms with Gasteiger partial charge >= 0.3 is 0 Å². The smallest absolute Gasteiger partial charge is 0.193 e. The Morgan fingerprint density at radius 1 is 1.17 bits per heavy atom. The number of aromatic nitrogens is 2. The van der Waals surface area contributed by atoms with E-state index < -0.39 is 0 Å². The minimum Gasteiger partial charge on any atom is -0.497 e. The second-order valence-electron chi connectivity index (χ2n) is 7.16. The van der Waals surface area contributed by atoms with Gasteiger partial charge < -0.3 is 24.3 Å². The number of para-hydroxylation sites is 2. The van der Waals surface area contributed by atoms with Crippen LogP contribution in [0, 0.1) is 6.92 Å². The topological polar surface area (TPSA) is 63.9 Å². The Hall–Kier alpha value is -3.22. The first-order valence-corrected chi connectivity index (χ1v) is 10.1. The average molecular weight is 410 g/mol. The van der Waals surface area contributed by atoms with E-state index in [-0.39, 0.29) is 0 Å². The summed E-state index contributed by atoms with van der Waals surface area (Å²) >= 11 is 0. The summed E-state index contributed by atoms with van der Waals surface area (Å²) in [6.45, 7) is 4.47. The minimum absolute atomic E-state index is 0.679. The van der Waals surface area contributed by atoms with Crippen molar-refractivity contribution in [3.63, 3.8) is 0 Å². The molecule has 3 rings (SSSR count). The number of aliphatic imine (C=N–C) groups is 1. The molecule has 0 saturated carbocycles. The summed E-state index contributed by atoms with van der Waals surface area (Å²) in [6, 6.07) is 14.1. The molecule has 7 heteroatoms. The van der Waals surface area contributed by atoms with E-state index in [1.54, 1.807) is 21.3 Å². The molecule has 30 heavy (non-hydrogen) atoms. The number of nitrogens with zero attached hydrogens (tertiary/aromatic N) is 4. The van der Waals surface area contributed by atoms with E-state index in [1.807, 2.05) is 31.3 Å². The van der Waals surface area contributed by atoms with Crippen LogP contribution in [-0.4, -0.2) is 55.3 Å². The normalized spacial score (nSPS) is 11.6. The van der Waals surface area contributed by atoms with Crippen molar-refractivity contribution in [3.05, 3.63) is 53.9 Å². The first-order chi connectivity index (χ1) is 14.6. The van der Waals surface area contributed by atoms with Crippen LogP contribution in [0.25, 0.3) is 11.0 Å². The van der Waals surface area contributed by atoms with Crippen LogP contribution in [-0.2, 0) is 13.1 Å². The number of methoxy groups -OCH3 is 2. The van der Waals surface area contributed by atoms with Crippen molar-refractivity contribution in [3.8, 4) is 11.5 Å². The number of guanidine groups is 1. The monoisotopic (exact) mass is 409 g/mol. The molecule has 1 aromatic heterocycles. The first kappa shape index (κ1) is 21.5. The maximum absolute atomic E-state index is 5.51. The predicted molar refractivity (Wildman–Crippen MR) is 121 cm³/mol. The van der Waals surface area contributed by atoms with Crippen LogP contribution in [0.1, 0.15) is 17.8 Å². The van der Waals surface area contributed by atoms with Gasteiger partial charge in [0.2, 0.25) is 0 Å². The Labute approximate surface area is 178 Å². The molecule has 0 aliphatic rings. The third-order valence-electron chi connectivity index (χ3n) is 5.16. The van der Waals surface area contributed by atoms with Crippen molar-refractivity contribution >= 4 is 17.0 Å². The summed E-state index contributed by atoms with van der Waals surface area (Å²) in [7, 11) is 7.15. The summed E-state index contributed by atoms with van der Waals surface area (Å²) < 4.78 is 13.1. The fourth-order valence-corrected chi connectivity index (χ4v) is 3.61.